The zero-order valence-electron chi connectivity index (χ0n) is 11.7. The molecule has 1 aromatic heterocycles. The van der Waals surface area contributed by atoms with E-state index in [0.717, 1.165) is 11.8 Å². The van der Waals surface area contributed by atoms with E-state index in [2.05, 4.69) is 32.7 Å². The molecule has 0 amide bonds. The lowest BCUT2D eigenvalue weighted by Crippen LogP contribution is -2.24. The van der Waals surface area contributed by atoms with Crippen LogP contribution in [-0.2, 0) is 11.3 Å². The summed E-state index contributed by atoms with van der Waals surface area (Å²) in [6.07, 6.45) is 1.68. The Labute approximate surface area is 117 Å². The van der Waals surface area contributed by atoms with Crippen molar-refractivity contribution < 1.29 is 9.90 Å². The van der Waals surface area contributed by atoms with Crippen LogP contribution in [0.25, 0.3) is 0 Å². The lowest BCUT2D eigenvalue weighted by Gasteiger charge is -2.28. The van der Waals surface area contributed by atoms with Gasteiger partial charge in [-0.3, -0.25) is 9.59 Å². The van der Waals surface area contributed by atoms with E-state index in [0.29, 0.717) is 17.6 Å². The number of carboxylic acid groups (broad SMARTS) is 1. The van der Waals surface area contributed by atoms with Crippen molar-refractivity contribution in [2.45, 2.75) is 39.4 Å². The summed E-state index contributed by atoms with van der Waals surface area (Å²) < 4.78 is 1.85. The highest BCUT2D eigenvalue weighted by molar-refractivity contribution is 7.99. The maximum Gasteiger partial charge on any atom is 0.313 e. The summed E-state index contributed by atoms with van der Waals surface area (Å²) in [5, 5.41) is 9.17. The third-order valence-corrected chi connectivity index (χ3v) is 4.10. The van der Waals surface area contributed by atoms with Crippen molar-refractivity contribution in [1.82, 2.24) is 9.55 Å². The van der Waals surface area contributed by atoms with Gasteiger partial charge in [0.15, 0.2) is 5.16 Å². The first kappa shape index (κ1) is 15.8. The van der Waals surface area contributed by atoms with Crippen molar-refractivity contribution in [3.63, 3.8) is 0 Å². The molecular weight excluding hydrogens is 264 g/mol. The zero-order chi connectivity index (χ0) is 14.6. The smallest absolute Gasteiger partial charge is 0.313 e. The van der Waals surface area contributed by atoms with Crippen molar-refractivity contribution in [3.8, 4) is 0 Å². The quantitative estimate of drug-likeness (QED) is 0.662. The Morgan fingerprint density at radius 1 is 1.53 bits per heavy atom. The van der Waals surface area contributed by atoms with E-state index >= 15 is 0 Å². The molecule has 1 rings (SSSR count). The van der Waals surface area contributed by atoms with Crippen LogP contribution in [0, 0.1) is 11.3 Å². The fourth-order valence-electron chi connectivity index (χ4n) is 1.36. The van der Waals surface area contributed by atoms with Crippen LogP contribution >= 0.6 is 11.8 Å². The minimum absolute atomic E-state index is 0.0969. The van der Waals surface area contributed by atoms with Gasteiger partial charge in [-0.2, -0.15) is 4.98 Å². The predicted octanol–water partition coefficient (Wildman–Crippen LogP) is 2.10. The summed E-state index contributed by atoms with van der Waals surface area (Å²) in [4.78, 5) is 25.8. The van der Waals surface area contributed by atoms with Gasteiger partial charge in [0.25, 0.3) is 5.56 Å². The number of thioether (sulfide) groups is 1. The van der Waals surface area contributed by atoms with E-state index in [1.807, 2.05) is 4.57 Å². The van der Waals surface area contributed by atoms with Crippen molar-refractivity contribution in [1.29, 1.82) is 0 Å². The zero-order valence-corrected chi connectivity index (χ0v) is 12.5. The van der Waals surface area contributed by atoms with Crippen LogP contribution in [0.1, 0.15) is 27.7 Å². The van der Waals surface area contributed by atoms with E-state index in [9.17, 15) is 9.59 Å². The van der Waals surface area contributed by atoms with Crippen LogP contribution in [0.4, 0.5) is 0 Å². The van der Waals surface area contributed by atoms with Crippen molar-refractivity contribution in [2.24, 2.45) is 11.3 Å². The van der Waals surface area contributed by atoms with E-state index < -0.39 is 5.97 Å². The van der Waals surface area contributed by atoms with Gasteiger partial charge in [-0.15, -0.1) is 0 Å². The molecule has 0 aliphatic heterocycles. The molecule has 1 aromatic rings. The summed E-state index contributed by atoms with van der Waals surface area (Å²) in [7, 11) is 0. The molecular formula is C13H20N2O3S. The standard InChI is InChI=1S/C13H20N2O3S/c1-9(13(2,3)4)7-15-6-5-10(16)14-12(15)19-8-11(17)18/h5-6,9H,7-8H2,1-4H3,(H,17,18). The Bertz CT molecular complexity index is 505. The molecule has 0 aliphatic carbocycles. The lowest BCUT2D eigenvalue weighted by atomic mass is 9.82. The van der Waals surface area contributed by atoms with Crippen molar-refractivity contribution >= 4 is 17.7 Å². The molecule has 1 atom stereocenters. The van der Waals surface area contributed by atoms with Gasteiger partial charge in [0.2, 0.25) is 0 Å². The highest BCUT2D eigenvalue weighted by Crippen LogP contribution is 2.27. The number of aromatic nitrogens is 2. The summed E-state index contributed by atoms with van der Waals surface area (Å²) in [5.74, 6) is -0.639. The van der Waals surface area contributed by atoms with Crippen LogP contribution in [0.3, 0.4) is 0 Å². The second-order valence-corrected chi connectivity index (χ2v) is 6.59. The minimum atomic E-state index is -0.918. The number of carbonyl (C=O) groups is 1. The predicted molar refractivity (Wildman–Crippen MR) is 75.5 cm³/mol. The average molecular weight is 284 g/mol. The van der Waals surface area contributed by atoms with Gasteiger partial charge < -0.3 is 9.67 Å². The molecule has 0 bridgehead atoms. The molecule has 1 heterocycles. The fraction of sp³-hybridized carbons (Fsp3) is 0.615. The van der Waals surface area contributed by atoms with Gasteiger partial charge in [-0.05, 0) is 11.3 Å². The average Bonchev–Trinajstić information content (AvgIpc) is 2.27. The first-order valence-electron chi connectivity index (χ1n) is 6.12. The van der Waals surface area contributed by atoms with Crippen LogP contribution in [0.15, 0.2) is 22.2 Å². The Balaban J connectivity index is 2.93. The summed E-state index contributed by atoms with van der Waals surface area (Å²) in [5.41, 5.74) is -0.203. The second-order valence-electron chi connectivity index (χ2n) is 5.65. The molecule has 0 aliphatic rings. The molecule has 106 valence electrons. The Morgan fingerprint density at radius 2 is 2.16 bits per heavy atom. The van der Waals surface area contributed by atoms with E-state index in [1.165, 1.54) is 6.07 Å². The summed E-state index contributed by atoms with van der Waals surface area (Å²) in [6.45, 7) is 9.29. The van der Waals surface area contributed by atoms with E-state index in [-0.39, 0.29) is 16.7 Å². The first-order valence-corrected chi connectivity index (χ1v) is 7.11. The molecule has 0 saturated carbocycles. The largest absolute Gasteiger partial charge is 0.481 e. The van der Waals surface area contributed by atoms with Crippen LogP contribution in [0.2, 0.25) is 0 Å². The molecule has 0 saturated heterocycles. The van der Waals surface area contributed by atoms with Crippen LogP contribution < -0.4 is 5.56 Å². The normalized spacial score (nSPS) is 13.3. The Hall–Kier alpha value is -1.30. The van der Waals surface area contributed by atoms with Gasteiger partial charge in [0.1, 0.15) is 0 Å². The van der Waals surface area contributed by atoms with Crippen LogP contribution in [0.5, 0.6) is 0 Å². The Morgan fingerprint density at radius 3 is 2.68 bits per heavy atom. The number of hydrogen-bond acceptors (Lipinski definition) is 4. The minimum Gasteiger partial charge on any atom is -0.481 e. The fourth-order valence-corrected chi connectivity index (χ4v) is 2.07. The molecule has 1 unspecified atom stereocenters. The first-order chi connectivity index (χ1) is 8.70. The topological polar surface area (TPSA) is 72.2 Å². The number of rotatable bonds is 5. The molecule has 0 spiro atoms. The molecule has 1 N–H and O–H groups in total. The molecule has 5 nitrogen and oxygen atoms in total. The third kappa shape index (κ3) is 5.06. The SMILES string of the molecule is CC(Cn1ccc(=O)nc1SCC(=O)O)C(C)(C)C. The molecule has 0 radical (unpaired) electrons. The second kappa shape index (κ2) is 6.23. The summed E-state index contributed by atoms with van der Waals surface area (Å²) >= 11 is 1.07. The third-order valence-electron chi connectivity index (χ3n) is 3.12. The van der Waals surface area contributed by atoms with Crippen molar-refractivity contribution in [3.05, 3.63) is 22.6 Å². The highest BCUT2D eigenvalue weighted by Gasteiger charge is 2.21. The summed E-state index contributed by atoms with van der Waals surface area (Å²) in [6, 6.07) is 1.40. The number of carboxylic acids is 1. The molecule has 6 heteroatoms. The Kier molecular flexibility index (Phi) is 5.17. The molecule has 0 aromatic carbocycles. The molecule has 19 heavy (non-hydrogen) atoms. The molecule has 0 fully saturated rings. The lowest BCUT2D eigenvalue weighted by molar-refractivity contribution is -0.133. The van der Waals surface area contributed by atoms with E-state index in [1.54, 1.807) is 6.20 Å². The maximum atomic E-state index is 11.3. The van der Waals surface area contributed by atoms with Gasteiger partial charge in [-0.25, -0.2) is 0 Å². The highest BCUT2D eigenvalue weighted by atomic mass is 32.2. The number of aliphatic carboxylic acids is 1. The number of hydrogen-bond donors (Lipinski definition) is 1. The van der Waals surface area contributed by atoms with Gasteiger partial charge >= 0.3 is 5.97 Å². The van der Waals surface area contributed by atoms with Gasteiger partial charge in [0, 0.05) is 18.8 Å². The van der Waals surface area contributed by atoms with E-state index in [4.69, 9.17) is 5.11 Å². The maximum absolute atomic E-state index is 11.3. The van der Waals surface area contributed by atoms with Gasteiger partial charge in [-0.1, -0.05) is 39.5 Å². The van der Waals surface area contributed by atoms with Crippen LogP contribution in [-0.4, -0.2) is 26.4 Å². The monoisotopic (exact) mass is 284 g/mol. The van der Waals surface area contributed by atoms with Gasteiger partial charge in [0.05, 0.1) is 5.75 Å². The number of nitrogens with zero attached hydrogens (tertiary/aromatic N) is 2. The van der Waals surface area contributed by atoms with Crippen molar-refractivity contribution in [2.75, 3.05) is 5.75 Å².